The number of hydrogen-bond acceptors (Lipinski definition) is 4. The van der Waals surface area contributed by atoms with Gasteiger partial charge >= 0.3 is 0 Å². The summed E-state index contributed by atoms with van der Waals surface area (Å²) in [6.07, 6.45) is 0.861. The van der Waals surface area contributed by atoms with Gasteiger partial charge < -0.3 is 20.7 Å². The largest absolute Gasteiger partial charge is 0.399 e. The lowest BCUT2D eigenvalue weighted by Crippen LogP contribution is -2.40. The third kappa shape index (κ3) is 5.61. The molecule has 2 amide bonds. The summed E-state index contributed by atoms with van der Waals surface area (Å²) in [5.74, 6) is -0.262. The number of para-hydroxylation sites is 1. The Morgan fingerprint density at radius 3 is 2.54 bits per heavy atom. The Labute approximate surface area is 175 Å². The molecule has 0 unspecified atom stereocenters. The molecule has 0 aromatic heterocycles. The molecule has 1 aliphatic heterocycles. The van der Waals surface area contributed by atoms with Gasteiger partial charge in [-0.3, -0.25) is 9.59 Å². The van der Waals surface area contributed by atoms with Crippen LogP contribution in [0.4, 0.5) is 11.4 Å². The van der Waals surface area contributed by atoms with Crippen molar-refractivity contribution < 1.29 is 14.3 Å². The molecule has 0 radical (unpaired) electrons. The Balaban J connectivity index is 0.00000280. The van der Waals surface area contributed by atoms with Crippen LogP contribution in [0.3, 0.4) is 0 Å². The molecule has 1 fully saturated rings. The number of halogens is 2. The maximum atomic E-state index is 12.5. The number of aryl methyl sites for hydroxylation is 1. The summed E-state index contributed by atoms with van der Waals surface area (Å²) in [7, 11) is 0. The highest BCUT2D eigenvalue weighted by Gasteiger charge is 2.21. The second kappa shape index (κ2) is 10.3. The van der Waals surface area contributed by atoms with Crippen molar-refractivity contribution >= 4 is 47.2 Å². The van der Waals surface area contributed by atoms with E-state index in [0.29, 0.717) is 61.1 Å². The lowest BCUT2D eigenvalue weighted by atomic mass is 10.1. The lowest BCUT2D eigenvalue weighted by Gasteiger charge is -2.27. The van der Waals surface area contributed by atoms with E-state index in [1.165, 1.54) is 0 Å². The molecule has 2 aromatic rings. The van der Waals surface area contributed by atoms with Gasteiger partial charge in [0.15, 0.2) is 0 Å². The zero-order valence-electron chi connectivity index (χ0n) is 15.3. The van der Waals surface area contributed by atoms with Gasteiger partial charge in [-0.2, -0.15) is 0 Å². The van der Waals surface area contributed by atoms with Gasteiger partial charge in [0.1, 0.15) is 0 Å². The summed E-state index contributed by atoms with van der Waals surface area (Å²) in [4.78, 5) is 26.4. The minimum Gasteiger partial charge on any atom is -0.399 e. The fourth-order valence-electron chi connectivity index (χ4n) is 2.94. The average Bonchev–Trinajstić information content (AvgIpc) is 2.68. The smallest absolute Gasteiger partial charge is 0.255 e. The van der Waals surface area contributed by atoms with Crippen LogP contribution in [0, 0.1) is 0 Å². The van der Waals surface area contributed by atoms with Crippen LogP contribution < -0.4 is 11.1 Å². The summed E-state index contributed by atoms with van der Waals surface area (Å²) < 4.78 is 5.26. The van der Waals surface area contributed by atoms with Gasteiger partial charge in [-0.05, 0) is 36.2 Å². The van der Waals surface area contributed by atoms with Gasteiger partial charge in [-0.15, -0.1) is 12.4 Å². The number of ether oxygens (including phenoxy) is 1. The van der Waals surface area contributed by atoms with Gasteiger partial charge in [0, 0.05) is 30.9 Å². The molecular formula is C20H23Cl2N3O3. The van der Waals surface area contributed by atoms with E-state index in [2.05, 4.69) is 5.32 Å². The molecule has 3 N–H and O–H groups in total. The predicted octanol–water partition coefficient (Wildman–Crippen LogP) is 3.39. The summed E-state index contributed by atoms with van der Waals surface area (Å²) in [5, 5.41) is 3.13. The Bertz CT molecular complexity index is 839. The Morgan fingerprint density at radius 2 is 1.86 bits per heavy atom. The molecule has 0 bridgehead atoms. The van der Waals surface area contributed by atoms with E-state index < -0.39 is 0 Å². The number of hydrogen-bond donors (Lipinski definition) is 2. The molecule has 1 saturated heterocycles. The van der Waals surface area contributed by atoms with Crippen LogP contribution >= 0.6 is 24.0 Å². The number of anilines is 2. The first-order valence-corrected chi connectivity index (χ1v) is 9.22. The van der Waals surface area contributed by atoms with Crippen LogP contribution in [0.15, 0.2) is 42.5 Å². The molecule has 0 atom stereocenters. The average molecular weight is 424 g/mol. The number of carbonyl (C=O) groups excluding carboxylic acids is 2. The number of nitrogen functional groups attached to an aromatic ring is 1. The quantitative estimate of drug-likeness (QED) is 0.721. The van der Waals surface area contributed by atoms with Crippen molar-refractivity contribution in [3.05, 3.63) is 58.6 Å². The number of amides is 2. The minimum absolute atomic E-state index is 0. The van der Waals surface area contributed by atoms with E-state index in [0.717, 1.165) is 5.56 Å². The van der Waals surface area contributed by atoms with Crippen molar-refractivity contribution in [2.75, 3.05) is 37.4 Å². The number of rotatable bonds is 5. The van der Waals surface area contributed by atoms with Crippen LogP contribution in [-0.2, 0) is 16.0 Å². The molecule has 1 heterocycles. The van der Waals surface area contributed by atoms with E-state index in [-0.39, 0.29) is 24.2 Å². The molecule has 0 saturated carbocycles. The summed E-state index contributed by atoms with van der Waals surface area (Å²) in [5.41, 5.74) is 8.50. The first-order valence-electron chi connectivity index (χ1n) is 8.84. The van der Waals surface area contributed by atoms with Crippen molar-refractivity contribution in [2.24, 2.45) is 0 Å². The van der Waals surface area contributed by atoms with Crippen molar-refractivity contribution in [1.82, 2.24) is 4.90 Å². The molecule has 1 aliphatic rings. The van der Waals surface area contributed by atoms with E-state index >= 15 is 0 Å². The lowest BCUT2D eigenvalue weighted by molar-refractivity contribution is -0.116. The van der Waals surface area contributed by atoms with E-state index in [1.807, 2.05) is 24.3 Å². The van der Waals surface area contributed by atoms with Crippen LogP contribution in [0.2, 0.25) is 5.02 Å². The summed E-state index contributed by atoms with van der Waals surface area (Å²) in [6, 6.07) is 12.4. The van der Waals surface area contributed by atoms with Gasteiger partial charge in [-0.25, -0.2) is 0 Å². The van der Waals surface area contributed by atoms with Crippen molar-refractivity contribution in [3.63, 3.8) is 0 Å². The van der Waals surface area contributed by atoms with Crippen molar-refractivity contribution in [3.8, 4) is 0 Å². The number of nitrogens with one attached hydrogen (secondary N) is 1. The SMILES string of the molecule is Cl.Nc1ccccc1CCC(=O)Nc1ccc(C(=O)N2CCOCC2)c(Cl)c1. The van der Waals surface area contributed by atoms with Gasteiger partial charge in [0.2, 0.25) is 5.91 Å². The normalized spacial score (nSPS) is 13.5. The first kappa shape index (κ1) is 22.0. The molecule has 6 nitrogen and oxygen atoms in total. The monoisotopic (exact) mass is 423 g/mol. The highest BCUT2D eigenvalue weighted by Crippen LogP contribution is 2.23. The zero-order chi connectivity index (χ0) is 19.2. The van der Waals surface area contributed by atoms with Crippen LogP contribution in [0.5, 0.6) is 0 Å². The van der Waals surface area contributed by atoms with Crippen LogP contribution in [0.25, 0.3) is 0 Å². The predicted molar refractivity (Wildman–Crippen MR) is 113 cm³/mol. The highest BCUT2D eigenvalue weighted by atomic mass is 35.5. The molecule has 2 aromatic carbocycles. The Morgan fingerprint density at radius 1 is 1.14 bits per heavy atom. The second-order valence-electron chi connectivity index (χ2n) is 6.35. The standard InChI is InChI=1S/C20H22ClN3O3.ClH/c21-17-13-15(6-7-16(17)20(26)24-9-11-27-12-10-24)23-19(25)8-5-14-3-1-2-4-18(14)22;/h1-4,6-7,13H,5,8-12,22H2,(H,23,25);1H. The van der Waals surface area contributed by atoms with E-state index in [4.69, 9.17) is 22.1 Å². The third-order valence-electron chi connectivity index (χ3n) is 4.46. The number of nitrogens with two attached hydrogens (primary N) is 1. The molecule has 3 rings (SSSR count). The minimum atomic E-state index is -0.137. The fraction of sp³-hybridized carbons (Fsp3) is 0.300. The molecule has 150 valence electrons. The number of carbonyl (C=O) groups is 2. The van der Waals surface area contributed by atoms with Gasteiger partial charge in [0.05, 0.1) is 23.8 Å². The fourth-order valence-corrected chi connectivity index (χ4v) is 3.20. The molecule has 8 heteroatoms. The van der Waals surface area contributed by atoms with E-state index in [9.17, 15) is 9.59 Å². The molecule has 0 spiro atoms. The molecule has 0 aliphatic carbocycles. The number of nitrogens with zero attached hydrogens (tertiary/aromatic N) is 1. The summed E-state index contributed by atoms with van der Waals surface area (Å²) >= 11 is 6.27. The molecular weight excluding hydrogens is 401 g/mol. The number of morpholine rings is 1. The number of benzene rings is 2. The maximum absolute atomic E-state index is 12.5. The maximum Gasteiger partial charge on any atom is 0.255 e. The van der Waals surface area contributed by atoms with Crippen LogP contribution in [-0.4, -0.2) is 43.0 Å². The van der Waals surface area contributed by atoms with Crippen molar-refractivity contribution in [2.45, 2.75) is 12.8 Å². The molecule has 28 heavy (non-hydrogen) atoms. The Hall–Kier alpha value is -2.28. The Kier molecular flexibility index (Phi) is 8.11. The van der Waals surface area contributed by atoms with Crippen molar-refractivity contribution in [1.29, 1.82) is 0 Å². The van der Waals surface area contributed by atoms with Gasteiger partial charge in [-0.1, -0.05) is 29.8 Å². The highest BCUT2D eigenvalue weighted by molar-refractivity contribution is 6.34. The van der Waals surface area contributed by atoms with E-state index in [1.54, 1.807) is 23.1 Å². The third-order valence-corrected chi connectivity index (χ3v) is 4.77. The summed E-state index contributed by atoms with van der Waals surface area (Å²) in [6.45, 7) is 2.17. The van der Waals surface area contributed by atoms with Gasteiger partial charge in [0.25, 0.3) is 5.91 Å². The zero-order valence-corrected chi connectivity index (χ0v) is 16.9. The second-order valence-corrected chi connectivity index (χ2v) is 6.75. The van der Waals surface area contributed by atoms with Crippen LogP contribution in [0.1, 0.15) is 22.3 Å². The topological polar surface area (TPSA) is 84.7 Å². The first-order chi connectivity index (χ1) is 13.0.